The second-order valence-electron chi connectivity index (χ2n) is 6.63. The number of rotatable bonds is 7. The molecule has 1 aliphatic heterocycles. The number of halogens is 3. The first-order valence-corrected chi connectivity index (χ1v) is 9.18. The summed E-state index contributed by atoms with van der Waals surface area (Å²) < 4.78 is 51.1. The molecule has 0 aliphatic carbocycles. The molecule has 6 nitrogen and oxygen atoms in total. The molecule has 9 heteroatoms. The Bertz CT molecular complexity index is 789. The highest BCUT2D eigenvalue weighted by Gasteiger charge is 2.31. The summed E-state index contributed by atoms with van der Waals surface area (Å²) in [5.74, 6) is 0.262. The normalized spacial score (nSPS) is 15.0. The highest BCUT2D eigenvalue weighted by Crippen LogP contribution is 2.25. The maximum absolute atomic E-state index is 12.2. The van der Waals surface area contributed by atoms with Crippen LogP contribution < -0.4 is 14.8 Å². The smallest absolute Gasteiger partial charge is 0.489 e. The Morgan fingerprint density at radius 2 is 1.79 bits per heavy atom. The number of pyridine rings is 1. The van der Waals surface area contributed by atoms with Crippen LogP contribution in [0, 0.1) is 5.92 Å². The zero-order valence-electron chi connectivity index (χ0n) is 15.6. The third kappa shape index (κ3) is 6.94. The summed E-state index contributed by atoms with van der Waals surface area (Å²) in [6.45, 7) is 2.22. The van der Waals surface area contributed by atoms with Crippen molar-refractivity contribution in [3.05, 3.63) is 53.9 Å². The van der Waals surface area contributed by atoms with Crippen molar-refractivity contribution in [2.24, 2.45) is 5.92 Å². The van der Waals surface area contributed by atoms with E-state index >= 15 is 0 Å². The van der Waals surface area contributed by atoms with Crippen LogP contribution in [0.3, 0.4) is 0 Å². The van der Waals surface area contributed by atoms with Gasteiger partial charge in [-0.2, -0.15) is 0 Å². The number of carbonyl (C=O) groups excluding carboxylic acids is 1. The fraction of sp³-hybridized carbons (Fsp3) is 0.400. The molecule has 1 saturated heterocycles. The van der Waals surface area contributed by atoms with Crippen LogP contribution >= 0.6 is 0 Å². The fourth-order valence-corrected chi connectivity index (χ4v) is 2.83. The van der Waals surface area contributed by atoms with Crippen molar-refractivity contribution in [2.75, 3.05) is 19.8 Å². The number of nitrogens with one attached hydrogen (secondary N) is 1. The summed E-state index contributed by atoms with van der Waals surface area (Å²) in [6.07, 6.45) is -1.32. The molecule has 2 aromatic rings. The maximum Gasteiger partial charge on any atom is 0.573 e. The molecule has 156 valence electrons. The van der Waals surface area contributed by atoms with Gasteiger partial charge in [-0.25, -0.2) is 0 Å². The van der Waals surface area contributed by atoms with Crippen molar-refractivity contribution >= 4 is 5.91 Å². The van der Waals surface area contributed by atoms with Gasteiger partial charge < -0.3 is 19.5 Å². The lowest BCUT2D eigenvalue weighted by Gasteiger charge is -2.22. The van der Waals surface area contributed by atoms with E-state index in [0.29, 0.717) is 23.9 Å². The Morgan fingerprint density at radius 1 is 1.10 bits per heavy atom. The second kappa shape index (κ2) is 9.60. The largest absolute Gasteiger partial charge is 0.573 e. The van der Waals surface area contributed by atoms with Gasteiger partial charge in [0.1, 0.15) is 23.8 Å². The molecule has 1 aliphatic rings. The van der Waals surface area contributed by atoms with E-state index in [2.05, 4.69) is 15.0 Å². The van der Waals surface area contributed by atoms with Crippen LogP contribution in [0.4, 0.5) is 13.2 Å². The molecule has 1 fully saturated rings. The fourth-order valence-electron chi connectivity index (χ4n) is 2.83. The lowest BCUT2D eigenvalue weighted by molar-refractivity contribution is -0.274. The van der Waals surface area contributed by atoms with Crippen LogP contribution in [0.15, 0.2) is 42.6 Å². The number of hydrogen-bond donors (Lipinski definition) is 1. The quantitative estimate of drug-likeness (QED) is 0.754. The average Bonchev–Trinajstić information content (AvgIpc) is 2.71. The maximum atomic E-state index is 12.2. The van der Waals surface area contributed by atoms with Crippen molar-refractivity contribution < 1.29 is 32.2 Å². The summed E-state index contributed by atoms with van der Waals surface area (Å²) in [5.41, 5.74) is 1.04. The molecule has 1 aromatic carbocycles. The van der Waals surface area contributed by atoms with Gasteiger partial charge in [0, 0.05) is 31.5 Å². The van der Waals surface area contributed by atoms with Crippen molar-refractivity contribution in [1.29, 1.82) is 0 Å². The SMILES string of the molecule is O=C(NCC1CCOCC1)c1ccc(COc2ccc(OC(F)(F)F)cc2)cn1. The molecule has 29 heavy (non-hydrogen) atoms. The highest BCUT2D eigenvalue weighted by atomic mass is 19.4. The minimum Gasteiger partial charge on any atom is -0.489 e. The lowest BCUT2D eigenvalue weighted by atomic mass is 10.0. The highest BCUT2D eigenvalue weighted by molar-refractivity contribution is 5.92. The van der Waals surface area contributed by atoms with Crippen LogP contribution in [0.5, 0.6) is 11.5 Å². The van der Waals surface area contributed by atoms with Crippen molar-refractivity contribution in [2.45, 2.75) is 25.8 Å². The lowest BCUT2D eigenvalue weighted by Crippen LogP contribution is -2.32. The third-order valence-electron chi connectivity index (χ3n) is 4.41. The van der Waals surface area contributed by atoms with E-state index in [0.717, 1.165) is 31.6 Å². The molecule has 0 atom stereocenters. The molecule has 0 bridgehead atoms. The van der Waals surface area contributed by atoms with Crippen molar-refractivity contribution in [1.82, 2.24) is 10.3 Å². The summed E-state index contributed by atoms with van der Waals surface area (Å²) in [4.78, 5) is 16.3. The molecule has 1 amide bonds. The number of alkyl halides is 3. The van der Waals surface area contributed by atoms with E-state index in [4.69, 9.17) is 9.47 Å². The first-order valence-electron chi connectivity index (χ1n) is 9.18. The van der Waals surface area contributed by atoms with E-state index in [-0.39, 0.29) is 18.3 Å². The summed E-state index contributed by atoms with van der Waals surface area (Å²) in [6, 6.07) is 8.44. The van der Waals surface area contributed by atoms with E-state index in [1.165, 1.54) is 30.5 Å². The molecule has 0 radical (unpaired) electrons. The van der Waals surface area contributed by atoms with Gasteiger partial charge in [-0.05, 0) is 49.1 Å². The number of amides is 1. The van der Waals surface area contributed by atoms with Gasteiger partial charge in [-0.1, -0.05) is 6.07 Å². The number of aromatic nitrogens is 1. The Labute approximate surface area is 166 Å². The van der Waals surface area contributed by atoms with Gasteiger partial charge in [0.25, 0.3) is 5.91 Å². The Hall–Kier alpha value is -2.81. The number of carbonyl (C=O) groups is 1. The summed E-state index contributed by atoms with van der Waals surface area (Å²) >= 11 is 0. The molecular formula is C20H21F3N2O4. The minimum atomic E-state index is -4.73. The molecule has 1 N–H and O–H groups in total. The van der Waals surface area contributed by atoms with Gasteiger partial charge >= 0.3 is 6.36 Å². The zero-order chi connectivity index (χ0) is 20.7. The standard InChI is InChI=1S/C20H21F3N2O4/c21-20(22,23)29-17-4-2-16(3-5-17)28-13-15-1-6-18(24-12-15)19(26)25-11-14-7-9-27-10-8-14/h1-6,12,14H,7-11,13H2,(H,25,26). The van der Waals surface area contributed by atoms with E-state index in [9.17, 15) is 18.0 Å². The molecular weight excluding hydrogens is 389 g/mol. The zero-order valence-corrected chi connectivity index (χ0v) is 15.6. The monoisotopic (exact) mass is 410 g/mol. The predicted octanol–water partition coefficient (Wildman–Crippen LogP) is 3.72. The van der Waals surface area contributed by atoms with Crippen molar-refractivity contribution in [3.63, 3.8) is 0 Å². The third-order valence-corrected chi connectivity index (χ3v) is 4.41. The Kier molecular flexibility index (Phi) is 6.92. The Balaban J connectivity index is 1.45. The molecule has 0 saturated carbocycles. The van der Waals surface area contributed by atoms with E-state index in [1.54, 1.807) is 12.1 Å². The predicted molar refractivity (Wildman–Crippen MR) is 97.6 cm³/mol. The van der Waals surface area contributed by atoms with Gasteiger partial charge in [-0.15, -0.1) is 13.2 Å². The van der Waals surface area contributed by atoms with Crippen LogP contribution in [-0.2, 0) is 11.3 Å². The minimum absolute atomic E-state index is 0.163. The summed E-state index contributed by atoms with van der Waals surface area (Å²) in [7, 11) is 0. The topological polar surface area (TPSA) is 69.7 Å². The number of nitrogens with zero attached hydrogens (tertiary/aromatic N) is 1. The van der Waals surface area contributed by atoms with Crippen LogP contribution in [0.2, 0.25) is 0 Å². The number of ether oxygens (including phenoxy) is 3. The molecule has 0 unspecified atom stereocenters. The summed E-state index contributed by atoms with van der Waals surface area (Å²) in [5, 5.41) is 2.89. The van der Waals surface area contributed by atoms with Gasteiger partial charge in [-0.3, -0.25) is 9.78 Å². The Morgan fingerprint density at radius 3 is 2.41 bits per heavy atom. The number of benzene rings is 1. The number of hydrogen-bond acceptors (Lipinski definition) is 5. The second-order valence-corrected chi connectivity index (χ2v) is 6.63. The van der Waals surface area contributed by atoms with Gasteiger partial charge in [0.15, 0.2) is 0 Å². The molecule has 0 spiro atoms. The van der Waals surface area contributed by atoms with Crippen LogP contribution in [-0.4, -0.2) is 37.0 Å². The molecule has 2 heterocycles. The van der Waals surface area contributed by atoms with Crippen molar-refractivity contribution in [3.8, 4) is 11.5 Å². The van der Waals surface area contributed by atoms with E-state index in [1.807, 2.05) is 0 Å². The van der Waals surface area contributed by atoms with Gasteiger partial charge in [0.2, 0.25) is 0 Å². The first-order chi connectivity index (χ1) is 13.9. The van der Waals surface area contributed by atoms with Crippen LogP contribution in [0.1, 0.15) is 28.9 Å². The van der Waals surface area contributed by atoms with Crippen LogP contribution in [0.25, 0.3) is 0 Å². The van der Waals surface area contributed by atoms with E-state index < -0.39 is 6.36 Å². The first kappa shape index (κ1) is 20.9. The molecule has 3 rings (SSSR count). The average molecular weight is 410 g/mol. The molecule has 1 aromatic heterocycles. The van der Waals surface area contributed by atoms with Gasteiger partial charge in [0.05, 0.1) is 0 Å².